The molecule has 22 heavy (non-hydrogen) atoms. The van der Waals surface area contributed by atoms with Crippen LogP contribution in [0.1, 0.15) is 56.5 Å². The van der Waals surface area contributed by atoms with Gasteiger partial charge >= 0.3 is 0 Å². The quantitative estimate of drug-likeness (QED) is 0.805. The molecule has 2 aromatic rings. The maximum atomic E-state index is 12.9. The summed E-state index contributed by atoms with van der Waals surface area (Å²) in [6, 6.07) is 10.9. The molecule has 0 bridgehead atoms. The summed E-state index contributed by atoms with van der Waals surface area (Å²) in [6.07, 6.45) is 6.97. The molecule has 0 spiro atoms. The average Bonchev–Trinajstić information content (AvgIpc) is 3.17. The van der Waals surface area contributed by atoms with Crippen LogP contribution in [0.25, 0.3) is 0 Å². The fraction of sp³-hybridized carbons (Fsp3) is 0.421. The first-order valence-electron chi connectivity index (χ1n) is 8.20. The molecule has 1 aromatic heterocycles. The number of rotatable bonds is 2. The Bertz CT molecular complexity index is 694. The monoisotopic (exact) mass is 311 g/mol. The van der Waals surface area contributed by atoms with E-state index in [4.69, 9.17) is 0 Å². The van der Waals surface area contributed by atoms with Gasteiger partial charge in [-0.25, -0.2) is 0 Å². The molecule has 2 aliphatic carbocycles. The maximum Gasteiger partial charge on any atom is 0.264 e. The third kappa shape index (κ3) is 2.28. The van der Waals surface area contributed by atoms with Crippen LogP contribution in [-0.2, 0) is 19.3 Å². The van der Waals surface area contributed by atoms with Gasteiger partial charge in [0, 0.05) is 11.9 Å². The summed E-state index contributed by atoms with van der Waals surface area (Å²) in [5.74, 6) is 0.195. The van der Waals surface area contributed by atoms with Crippen LogP contribution in [0, 0.1) is 0 Å². The van der Waals surface area contributed by atoms with Crippen LogP contribution in [0.3, 0.4) is 0 Å². The number of benzene rings is 1. The molecule has 0 saturated carbocycles. The molecule has 1 atom stereocenters. The number of nitrogens with zero attached hydrogens (tertiary/aromatic N) is 1. The number of aryl methyl sites for hydroxylation is 3. The summed E-state index contributed by atoms with van der Waals surface area (Å²) in [6.45, 7) is 0. The van der Waals surface area contributed by atoms with Crippen LogP contribution >= 0.6 is 11.3 Å². The standard InChI is InChI=1S/C19H21NOS/c1-20(16-11-10-13-6-2-4-8-15(13)16)19(21)18-12-14-7-3-5-9-17(14)22-18/h2,4,6,8,12,16H,3,5,7,9-11H2,1H3. The fourth-order valence-electron chi connectivity index (χ4n) is 3.85. The van der Waals surface area contributed by atoms with E-state index >= 15 is 0 Å². The lowest BCUT2D eigenvalue weighted by Gasteiger charge is -2.25. The van der Waals surface area contributed by atoms with E-state index in [1.807, 2.05) is 11.9 Å². The molecule has 0 saturated heterocycles. The second-order valence-electron chi connectivity index (χ2n) is 6.44. The minimum atomic E-state index is 0.195. The van der Waals surface area contributed by atoms with Gasteiger partial charge in [0.15, 0.2) is 0 Å². The molecule has 2 nitrogen and oxygen atoms in total. The summed E-state index contributed by atoms with van der Waals surface area (Å²) in [7, 11) is 1.97. The zero-order valence-electron chi connectivity index (χ0n) is 13.0. The summed E-state index contributed by atoms with van der Waals surface area (Å²) in [5.41, 5.74) is 4.15. The Labute approximate surface area is 135 Å². The van der Waals surface area contributed by atoms with Crippen LogP contribution in [0.4, 0.5) is 0 Å². The van der Waals surface area contributed by atoms with Gasteiger partial charge in [0.05, 0.1) is 10.9 Å². The molecule has 2 aliphatic rings. The Morgan fingerprint density at radius 2 is 1.95 bits per heavy atom. The number of hydrogen-bond acceptors (Lipinski definition) is 2. The van der Waals surface area contributed by atoms with Gasteiger partial charge < -0.3 is 4.90 Å². The van der Waals surface area contributed by atoms with Gasteiger partial charge in [-0.2, -0.15) is 0 Å². The van der Waals surface area contributed by atoms with Crippen LogP contribution in [-0.4, -0.2) is 17.9 Å². The van der Waals surface area contributed by atoms with E-state index in [1.165, 1.54) is 34.4 Å². The van der Waals surface area contributed by atoms with Crippen molar-refractivity contribution in [1.82, 2.24) is 4.90 Å². The molecule has 0 fully saturated rings. The lowest BCUT2D eigenvalue weighted by atomic mass is 9.99. The number of carbonyl (C=O) groups is 1. The van der Waals surface area contributed by atoms with E-state index in [-0.39, 0.29) is 11.9 Å². The van der Waals surface area contributed by atoms with Crippen molar-refractivity contribution in [3.63, 3.8) is 0 Å². The van der Waals surface area contributed by atoms with E-state index in [0.717, 1.165) is 30.6 Å². The second kappa shape index (κ2) is 5.54. The largest absolute Gasteiger partial charge is 0.334 e. The summed E-state index contributed by atoms with van der Waals surface area (Å²) >= 11 is 1.72. The molecule has 114 valence electrons. The Hall–Kier alpha value is -1.61. The van der Waals surface area contributed by atoms with E-state index in [9.17, 15) is 4.79 Å². The number of fused-ring (bicyclic) bond motifs is 2. The molecule has 1 aromatic carbocycles. The topological polar surface area (TPSA) is 20.3 Å². The highest BCUT2D eigenvalue weighted by Crippen LogP contribution is 2.37. The van der Waals surface area contributed by atoms with Gasteiger partial charge in [-0.05, 0) is 61.3 Å². The molecule has 4 rings (SSSR count). The van der Waals surface area contributed by atoms with Crippen molar-refractivity contribution in [3.8, 4) is 0 Å². The molecule has 0 aliphatic heterocycles. The third-order valence-corrected chi connectivity index (χ3v) is 6.32. The highest BCUT2D eigenvalue weighted by atomic mass is 32.1. The van der Waals surface area contributed by atoms with Gasteiger partial charge in [0.1, 0.15) is 0 Å². The van der Waals surface area contributed by atoms with Crippen molar-refractivity contribution < 1.29 is 4.79 Å². The normalized spacial score (nSPS) is 19.6. The van der Waals surface area contributed by atoms with Crippen molar-refractivity contribution >= 4 is 17.2 Å². The lowest BCUT2D eigenvalue weighted by Crippen LogP contribution is -2.29. The Morgan fingerprint density at radius 3 is 2.82 bits per heavy atom. The molecular weight excluding hydrogens is 290 g/mol. The van der Waals surface area contributed by atoms with Crippen molar-refractivity contribution in [2.45, 2.75) is 44.6 Å². The summed E-state index contributed by atoms with van der Waals surface area (Å²) in [4.78, 5) is 17.2. The SMILES string of the molecule is CN(C(=O)c1cc2c(s1)CCCC2)C1CCc2ccccc21. The van der Waals surface area contributed by atoms with Crippen molar-refractivity contribution in [1.29, 1.82) is 0 Å². The van der Waals surface area contributed by atoms with Crippen LogP contribution in [0.15, 0.2) is 30.3 Å². The first-order valence-corrected chi connectivity index (χ1v) is 9.02. The number of thiophene rings is 1. The minimum absolute atomic E-state index is 0.195. The van der Waals surface area contributed by atoms with E-state index < -0.39 is 0 Å². The molecular formula is C19H21NOS. The predicted molar refractivity (Wildman–Crippen MR) is 90.6 cm³/mol. The van der Waals surface area contributed by atoms with Crippen LogP contribution in [0.2, 0.25) is 0 Å². The highest BCUT2D eigenvalue weighted by Gasteiger charge is 2.30. The van der Waals surface area contributed by atoms with Gasteiger partial charge in [0.2, 0.25) is 0 Å². The molecule has 1 heterocycles. The molecule has 0 N–H and O–H groups in total. The molecule has 0 radical (unpaired) electrons. The Balaban J connectivity index is 1.59. The Kier molecular flexibility index (Phi) is 3.53. The van der Waals surface area contributed by atoms with E-state index in [2.05, 4.69) is 30.3 Å². The highest BCUT2D eigenvalue weighted by molar-refractivity contribution is 7.14. The molecule has 1 amide bonds. The van der Waals surface area contributed by atoms with E-state index in [0.29, 0.717) is 0 Å². The van der Waals surface area contributed by atoms with Gasteiger partial charge in [-0.3, -0.25) is 4.79 Å². The number of carbonyl (C=O) groups excluding carboxylic acids is 1. The smallest absolute Gasteiger partial charge is 0.264 e. The van der Waals surface area contributed by atoms with Crippen molar-refractivity contribution in [2.24, 2.45) is 0 Å². The minimum Gasteiger partial charge on any atom is -0.334 e. The van der Waals surface area contributed by atoms with Crippen molar-refractivity contribution in [3.05, 3.63) is 56.8 Å². The summed E-state index contributed by atoms with van der Waals surface area (Å²) < 4.78 is 0. The predicted octanol–water partition coefficient (Wildman–Crippen LogP) is 4.39. The van der Waals surface area contributed by atoms with Crippen molar-refractivity contribution in [2.75, 3.05) is 7.05 Å². The second-order valence-corrected chi connectivity index (χ2v) is 7.57. The maximum absolute atomic E-state index is 12.9. The zero-order valence-corrected chi connectivity index (χ0v) is 13.8. The molecule has 3 heteroatoms. The lowest BCUT2D eigenvalue weighted by molar-refractivity contribution is 0.0735. The first-order chi connectivity index (χ1) is 10.7. The fourth-order valence-corrected chi connectivity index (χ4v) is 5.08. The van der Waals surface area contributed by atoms with Crippen LogP contribution < -0.4 is 0 Å². The third-order valence-electron chi connectivity index (χ3n) is 5.10. The summed E-state index contributed by atoms with van der Waals surface area (Å²) in [5, 5.41) is 0. The van der Waals surface area contributed by atoms with Gasteiger partial charge in [-0.15, -0.1) is 11.3 Å². The molecule has 1 unspecified atom stereocenters. The Morgan fingerprint density at radius 1 is 1.14 bits per heavy atom. The number of hydrogen-bond donors (Lipinski definition) is 0. The number of amides is 1. The van der Waals surface area contributed by atoms with E-state index in [1.54, 1.807) is 11.3 Å². The zero-order chi connectivity index (χ0) is 15.1. The van der Waals surface area contributed by atoms with Gasteiger partial charge in [-0.1, -0.05) is 24.3 Å². The van der Waals surface area contributed by atoms with Gasteiger partial charge in [0.25, 0.3) is 5.91 Å². The average molecular weight is 311 g/mol. The van der Waals surface area contributed by atoms with Crippen LogP contribution in [0.5, 0.6) is 0 Å². The first kappa shape index (κ1) is 14.0.